The van der Waals surface area contributed by atoms with E-state index in [-0.39, 0.29) is 34.0 Å². The van der Waals surface area contributed by atoms with Crippen molar-refractivity contribution in [2.75, 3.05) is 5.32 Å². The minimum Gasteiger partial charge on any atom is -0.319 e. The van der Waals surface area contributed by atoms with Crippen LogP contribution >= 0.6 is 11.6 Å². The molecule has 0 radical (unpaired) electrons. The highest BCUT2D eigenvalue weighted by atomic mass is 35.5. The Balaban J connectivity index is 1.57. The molecular formula is C21H13ClF4N4O. The zero-order chi connectivity index (χ0) is 22.2. The monoisotopic (exact) mass is 448 g/mol. The molecule has 10 heteroatoms. The topological polar surface area (TPSA) is 59.8 Å². The van der Waals surface area contributed by atoms with Gasteiger partial charge < -0.3 is 9.88 Å². The van der Waals surface area contributed by atoms with Gasteiger partial charge in [0.2, 0.25) is 5.82 Å². The Kier molecular flexibility index (Phi) is 5.36. The number of hydrogen-bond donors (Lipinski definition) is 1. The van der Waals surface area contributed by atoms with Gasteiger partial charge >= 0.3 is 6.18 Å². The van der Waals surface area contributed by atoms with Crippen molar-refractivity contribution in [1.29, 1.82) is 0 Å². The number of benzene rings is 2. The maximum absolute atomic E-state index is 13.9. The van der Waals surface area contributed by atoms with Crippen LogP contribution in [0.4, 0.5) is 23.2 Å². The first-order valence-corrected chi connectivity index (χ1v) is 9.34. The number of aromatic nitrogens is 3. The summed E-state index contributed by atoms with van der Waals surface area (Å²) in [6.45, 7) is -0.143. The third kappa shape index (κ3) is 4.36. The summed E-state index contributed by atoms with van der Waals surface area (Å²) < 4.78 is 55.1. The van der Waals surface area contributed by atoms with E-state index in [1.165, 1.54) is 54.7 Å². The van der Waals surface area contributed by atoms with Gasteiger partial charge in [0.25, 0.3) is 5.91 Å². The average Bonchev–Trinajstić information content (AvgIpc) is 3.10. The molecule has 158 valence electrons. The van der Waals surface area contributed by atoms with Crippen molar-refractivity contribution in [2.45, 2.75) is 12.7 Å². The molecule has 0 aliphatic carbocycles. The molecule has 4 rings (SSSR count). The molecule has 1 N–H and O–H groups in total. The summed E-state index contributed by atoms with van der Waals surface area (Å²) in [4.78, 5) is 20.0. The van der Waals surface area contributed by atoms with Gasteiger partial charge in [-0.25, -0.2) is 14.4 Å². The summed E-state index contributed by atoms with van der Waals surface area (Å²) >= 11 is 5.69. The van der Waals surface area contributed by atoms with Gasteiger partial charge in [-0.3, -0.25) is 4.79 Å². The standard InChI is InChI=1S/C21H13ClF4N4O/c22-14-7-8-16(15(23)10-14)28-19(31)13-5-3-12(4-6-13)11-30-18-17(2-1-9-27-18)29-20(30)21(24,25)26/h1-10H,11H2,(H,28,31). The van der Waals surface area contributed by atoms with Crippen molar-refractivity contribution in [3.63, 3.8) is 0 Å². The number of halogens is 5. The SMILES string of the molecule is O=C(Nc1ccc(Cl)cc1F)c1ccc(Cn2c(C(F)(F)F)nc3cccnc32)cc1. The van der Waals surface area contributed by atoms with Gasteiger partial charge in [0.05, 0.1) is 12.2 Å². The van der Waals surface area contributed by atoms with Gasteiger partial charge in [-0.05, 0) is 48.0 Å². The molecule has 0 saturated carbocycles. The van der Waals surface area contributed by atoms with E-state index in [1.54, 1.807) is 0 Å². The summed E-state index contributed by atoms with van der Waals surface area (Å²) in [7, 11) is 0. The van der Waals surface area contributed by atoms with Gasteiger partial charge in [-0.1, -0.05) is 23.7 Å². The van der Waals surface area contributed by atoms with Crippen molar-refractivity contribution < 1.29 is 22.4 Å². The number of nitrogens with zero attached hydrogens (tertiary/aromatic N) is 3. The Morgan fingerprint density at radius 1 is 1.10 bits per heavy atom. The van der Waals surface area contributed by atoms with E-state index in [2.05, 4.69) is 15.3 Å². The highest BCUT2D eigenvalue weighted by Crippen LogP contribution is 2.31. The number of fused-ring (bicyclic) bond motifs is 1. The van der Waals surface area contributed by atoms with Crippen LogP contribution in [-0.4, -0.2) is 20.4 Å². The van der Waals surface area contributed by atoms with Gasteiger partial charge in [-0.15, -0.1) is 0 Å². The van der Waals surface area contributed by atoms with Crippen LogP contribution in [-0.2, 0) is 12.7 Å². The molecule has 5 nitrogen and oxygen atoms in total. The zero-order valence-electron chi connectivity index (χ0n) is 15.6. The number of carbonyl (C=O) groups excluding carboxylic acids is 1. The number of rotatable bonds is 4. The second-order valence-corrected chi connectivity index (χ2v) is 7.08. The van der Waals surface area contributed by atoms with Crippen LogP contribution in [0.25, 0.3) is 11.2 Å². The number of nitrogens with one attached hydrogen (secondary N) is 1. The molecule has 0 atom stereocenters. The number of pyridine rings is 1. The maximum atomic E-state index is 13.9. The van der Waals surface area contributed by atoms with Crippen LogP contribution in [0.15, 0.2) is 60.8 Å². The fraction of sp³-hybridized carbons (Fsp3) is 0.0952. The maximum Gasteiger partial charge on any atom is 0.449 e. The molecular weight excluding hydrogens is 436 g/mol. The predicted octanol–water partition coefficient (Wildman–Crippen LogP) is 5.54. The molecule has 31 heavy (non-hydrogen) atoms. The van der Waals surface area contributed by atoms with Gasteiger partial charge in [0, 0.05) is 16.8 Å². The molecule has 0 aliphatic rings. The highest BCUT2D eigenvalue weighted by Gasteiger charge is 2.37. The Morgan fingerprint density at radius 3 is 2.52 bits per heavy atom. The molecule has 2 heterocycles. The van der Waals surface area contributed by atoms with Crippen LogP contribution in [0.3, 0.4) is 0 Å². The summed E-state index contributed by atoms with van der Waals surface area (Å²) in [5, 5.41) is 2.62. The normalized spacial score (nSPS) is 11.6. The lowest BCUT2D eigenvalue weighted by Crippen LogP contribution is -2.16. The first-order chi connectivity index (χ1) is 14.7. The quantitative estimate of drug-likeness (QED) is 0.417. The lowest BCUT2D eigenvalue weighted by molar-refractivity contribution is -0.146. The molecule has 0 aliphatic heterocycles. The van der Waals surface area contributed by atoms with E-state index in [1.807, 2.05) is 0 Å². The third-order valence-corrected chi connectivity index (χ3v) is 4.73. The van der Waals surface area contributed by atoms with E-state index in [0.29, 0.717) is 5.56 Å². The molecule has 0 bridgehead atoms. The van der Waals surface area contributed by atoms with E-state index in [4.69, 9.17) is 11.6 Å². The summed E-state index contributed by atoms with van der Waals surface area (Å²) in [6, 6.07) is 12.7. The second kappa shape index (κ2) is 7.99. The number of alkyl halides is 3. The fourth-order valence-electron chi connectivity index (χ4n) is 3.05. The van der Waals surface area contributed by atoms with Crippen molar-refractivity contribution in [1.82, 2.24) is 14.5 Å². The Labute approximate surface area is 178 Å². The van der Waals surface area contributed by atoms with Gasteiger partial charge in [-0.2, -0.15) is 13.2 Å². The van der Waals surface area contributed by atoms with Gasteiger partial charge in [0.1, 0.15) is 11.3 Å². The summed E-state index contributed by atoms with van der Waals surface area (Å²) in [5.41, 5.74) is 0.919. The molecule has 1 amide bonds. The number of anilines is 1. The number of hydrogen-bond acceptors (Lipinski definition) is 3. The van der Waals surface area contributed by atoms with Crippen LogP contribution in [0, 0.1) is 5.82 Å². The molecule has 0 fully saturated rings. The Hall–Kier alpha value is -3.46. The van der Waals surface area contributed by atoms with Crippen molar-refractivity contribution in [3.05, 3.63) is 88.6 Å². The van der Waals surface area contributed by atoms with Crippen LogP contribution in [0.1, 0.15) is 21.7 Å². The lowest BCUT2D eigenvalue weighted by Gasteiger charge is -2.11. The summed E-state index contributed by atoms with van der Waals surface area (Å²) in [5.74, 6) is -2.31. The van der Waals surface area contributed by atoms with E-state index < -0.39 is 23.7 Å². The highest BCUT2D eigenvalue weighted by molar-refractivity contribution is 6.30. The van der Waals surface area contributed by atoms with E-state index in [9.17, 15) is 22.4 Å². The number of amides is 1. The largest absolute Gasteiger partial charge is 0.449 e. The van der Waals surface area contributed by atoms with Gasteiger partial charge in [0.15, 0.2) is 5.65 Å². The van der Waals surface area contributed by atoms with E-state index >= 15 is 0 Å². The molecule has 2 aromatic carbocycles. The lowest BCUT2D eigenvalue weighted by atomic mass is 10.1. The Bertz CT molecular complexity index is 1270. The molecule has 0 spiro atoms. The zero-order valence-corrected chi connectivity index (χ0v) is 16.4. The molecule has 0 unspecified atom stereocenters. The summed E-state index contributed by atoms with van der Waals surface area (Å²) in [6.07, 6.45) is -3.26. The third-order valence-electron chi connectivity index (χ3n) is 4.49. The van der Waals surface area contributed by atoms with Crippen molar-refractivity contribution in [2.24, 2.45) is 0 Å². The van der Waals surface area contributed by atoms with Crippen molar-refractivity contribution >= 4 is 34.4 Å². The average molecular weight is 449 g/mol. The predicted molar refractivity (Wildman–Crippen MR) is 107 cm³/mol. The van der Waals surface area contributed by atoms with Crippen LogP contribution in [0.5, 0.6) is 0 Å². The van der Waals surface area contributed by atoms with Crippen LogP contribution < -0.4 is 5.32 Å². The minimum atomic E-state index is -4.65. The van der Waals surface area contributed by atoms with E-state index in [0.717, 1.165) is 10.6 Å². The molecule has 2 aromatic heterocycles. The minimum absolute atomic E-state index is 0.0377. The van der Waals surface area contributed by atoms with Crippen molar-refractivity contribution in [3.8, 4) is 0 Å². The Morgan fingerprint density at radius 2 is 1.84 bits per heavy atom. The molecule has 0 saturated heterocycles. The van der Waals surface area contributed by atoms with Crippen LogP contribution in [0.2, 0.25) is 5.02 Å². The number of imidazole rings is 1. The second-order valence-electron chi connectivity index (χ2n) is 6.64. The number of carbonyl (C=O) groups is 1. The smallest absolute Gasteiger partial charge is 0.319 e. The first kappa shape index (κ1) is 20.8. The first-order valence-electron chi connectivity index (χ1n) is 8.96. The molecule has 4 aromatic rings. The fourth-order valence-corrected chi connectivity index (χ4v) is 3.21.